The zero-order chi connectivity index (χ0) is 17.8. The molecule has 1 fully saturated rings. The molecule has 0 unspecified atom stereocenters. The number of likely N-dealkylation sites (tertiary alicyclic amines) is 1. The second-order valence-electron chi connectivity index (χ2n) is 6.37. The Morgan fingerprint density at radius 3 is 2.68 bits per heavy atom. The van der Waals surface area contributed by atoms with Crippen LogP contribution in [-0.2, 0) is 11.3 Å². The first kappa shape index (κ1) is 17.7. The van der Waals surface area contributed by atoms with Gasteiger partial charge in [-0.2, -0.15) is 4.98 Å². The van der Waals surface area contributed by atoms with Crippen molar-refractivity contribution in [3.8, 4) is 11.5 Å². The maximum atomic E-state index is 5.52. The van der Waals surface area contributed by atoms with Gasteiger partial charge in [-0.25, -0.2) is 0 Å². The third-order valence-corrected chi connectivity index (χ3v) is 4.65. The maximum Gasteiger partial charge on any atom is 0.231 e. The molecule has 136 valence electrons. The Kier molecular flexibility index (Phi) is 5.55. The predicted molar refractivity (Wildman–Crippen MR) is 92.0 cm³/mol. The van der Waals surface area contributed by atoms with Crippen LogP contribution in [0.3, 0.4) is 0 Å². The summed E-state index contributed by atoms with van der Waals surface area (Å²) in [5, 5.41) is 3.93. The summed E-state index contributed by atoms with van der Waals surface area (Å²) in [6, 6.07) is 5.92. The van der Waals surface area contributed by atoms with Gasteiger partial charge in [0, 0.05) is 44.3 Å². The van der Waals surface area contributed by atoms with Crippen LogP contribution in [0.25, 0.3) is 0 Å². The molecule has 0 bridgehead atoms. The molecule has 0 aliphatic carbocycles. The van der Waals surface area contributed by atoms with Crippen molar-refractivity contribution in [1.29, 1.82) is 0 Å². The summed E-state index contributed by atoms with van der Waals surface area (Å²) in [6.45, 7) is 5.06. The van der Waals surface area contributed by atoms with Crippen LogP contribution in [0.15, 0.2) is 22.7 Å². The molecule has 2 atom stereocenters. The quantitative estimate of drug-likeness (QED) is 0.761. The number of methoxy groups -OCH3 is 3. The second-order valence-corrected chi connectivity index (χ2v) is 6.37. The number of aromatic nitrogens is 2. The molecule has 2 aromatic rings. The van der Waals surface area contributed by atoms with Gasteiger partial charge in [0.2, 0.25) is 5.89 Å². The van der Waals surface area contributed by atoms with Crippen LogP contribution in [0.5, 0.6) is 11.5 Å². The van der Waals surface area contributed by atoms with Gasteiger partial charge in [-0.1, -0.05) is 11.2 Å². The van der Waals surface area contributed by atoms with Crippen molar-refractivity contribution in [2.45, 2.75) is 19.4 Å². The van der Waals surface area contributed by atoms with E-state index in [4.69, 9.17) is 18.7 Å². The van der Waals surface area contributed by atoms with E-state index in [1.54, 1.807) is 21.3 Å². The van der Waals surface area contributed by atoms with E-state index < -0.39 is 0 Å². The normalized spacial score (nSPS) is 20.8. The lowest BCUT2D eigenvalue weighted by atomic mass is 9.97. The van der Waals surface area contributed by atoms with Gasteiger partial charge in [-0.3, -0.25) is 4.90 Å². The van der Waals surface area contributed by atoms with Crippen LogP contribution in [0.1, 0.15) is 23.2 Å². The Morgan fingerprint density at radius 1 is 1.20 bits per heavy atom. The van der Waals surface area contributed by atoms with Crippen LogP contribution in [-0.4, -0.2) is 56.1 Å². The van der Waals surface area contributed by atoms with Crippen molar-refractivity contribution in [3.63, 3.8) is 0 Å². The van der Waals surface area contributed by atoms with E-state index in [1.807, 2.05) is 25.1 Å². The van der Waals surface area contributed by atoms with Gasteiger partial charge in [0.15, 0.2) is 5.82 Å². The van der Waals surface area contributed by atoms with Gasteiger partial charge in [0.05, 0.1) is 26.7 Å². The summed E-state index contributed by atoms with van der Waals surface area (Å²) in [4.78, 5) is 6.80. The van der Waals surface area contributed by atoms with Gasteiger partial charge in [-0.05, 0) is 13.0 Å². The Hall–Kier alpha value is -2.12. The highest BCUT2D eigenvalue weighted by molar-refractivity contribution is 5.40. The second kappa shape index (κ2) is 7.84. The molecule has 1 saturated heterocycles. The molecule has 1 aliphatic rings. The maximum absolute atomic E-state index is 5.52. The molecule has 7 nitrogen and oxygen atoms in total. The number of ether oxygens (including phenoxy) is 3. The first-order valence-electron chi connectivity index (χ1n) is 8.37. The molecule has 7 heteroatoms. The van der Waals surface area contributed by atoms with Crippen molar-refractivity contribution in [2.24, 2.45) is 5.92 Å². The summed E-state index contributed by atoms with van der Waals surface area (Å²) in [6.07, 6.45) is 0. The molecule has 1 aromatic heterocycles. The minimum absolute atomic E-state index is 0.186. The number of nitrogens with zero attached hydrogens (tertiary/aromatic N) is 3. The van der Waals surface area contributed by atoms with E-state index in [0.29, 0.717) is 24.2 Å². The van der Waals surface area contributed by atoms with E-state index in [1.165, 1.54) is 0 Å². The largest absolute Gasteiger partial charge is 0.497 e. The highest BCUT2D eigenvalue weighted by Crippen LogP contribution is 2.34. The van der Waals surface area contributed by atoms with Crippen molar-refractivity contribution in [1.82, 2.24) is 15.0 Å². The summed E-state index contributed by atoms with van der Waals surface area (Å²) in [7, 11) is 5.06. The molecule has 0 radical (unpaired) electrons. The standard InChI is InChI=1S/C18H25N3O4/c1-12-19-18(25-20-12)16-10-21(9-14(16)11-22-2)8-13-5-6-15(23-3)7-17(13)24-4/h5-7,14,16H,8-11H2,1-4H3/t14-,16+/m0/s1. The van der Waals surface area contributed by atoms with Crippen LogP contribution >= 0.6 is 0 Å². The molecule has 25 heavy (non-hydrogen) atoms. The van der Waals surface area contributed by atoms with Gasteiger partial charge < -0.3 is 18.7 Å². The molecule has 0 saturated carbocycles. The highest BCUT2D eigenvalue weighted by Gasteiger charge is 2.37. The minimum Gasteiger partial charge on any atom is -0.497 e. The van der Waals surface area contributed by atoms with E-state index in [2.05, 4.69) is 15.0 Å². The predicted octanol–water partition coefficient (Wildman–Crippen LogP) is 2.26. The van der Waals surface area contributed by atoms with Gasteiger partial charge in [0.25, 0.3) is 0 Å². The van der Waals surface area contributed by atoms with Gasteiger partial charge in [-0.15, -0.1) is 0 Å². The molecule has 2 heterocycles. The van der Waals surface area contributed by atoms with E-state index in [9.17, 15) is 0 Å². The van der Waals surface area contributed by atoms with Crippen molar-refractivity contribution in [3.05, 3.63) is 35.5 Å². The van der Waals surface area contributed by atoms with E-state index >= 15 is 0 Å². The first-order chi connectivity index (χ1) is 12.1. The minimum atomic E-state index is 0.186. The molecular formula is C18H25N3O4. The zero-order valence-corrected chi connectivity index (χ0v) is 15.2. The molecule has 1 aromatic carbocycles. The lowest BCUT2D eigenvalue weighted by Crippen LogP contribution is -2.21. The van der Waals surface area contributed by atoms with Crippen LogP contribution in [0.2, 0.25) is 0 Å². The summed E-state index contributed by atoms with van der Waals surface area (Å²) < 4.78 is 21.6. The van der Waals surface area contributed by atoms with Crippen molar-refractivity contribution >= 4 is 0 Å². The molecular weight excluding hydrogens is 322 g/mol. The number of hydrogen-bond donors (Lipinski definition) is 0. The Balaban J connectivity index is 1.75. The molecule has 0 N–H and O–H groups in total. The van der Waals surface area contributed by atoms with Crippen LogP contribution < -0.4 is 9.47 Å². The Bertz CT molecular complexity index is 703. The smallest absolute Gasteiger partial charge is 0.231 e. The fourth-order valence-electron chi connectivity index (χ4n) is 3.44. The van der Waals surface area contributed by atoms with Gasteiger partial charge in [0.1, 0.15) is 11.5 Å². The first-order valence-corrected chi connectivity index (χ1v) is 8.37. The average molecular weight is 347 g/mol. The SMILES string of the molecule is COC[C@@H]1CN(Cc2ccc(OC)cc2OC)C[C@H]1c1nc(C)no1. The van der Waals surface area contributed by atoms with Crippen molar-refractivity contribution in [2.75, 3.05) is 41.0 Å². The lowest BCUT2D eigenvalue weighted by Gasteiger charge is -2.18. The van der Waals surface area contributed by atoms with E-state index in [0.717, 1.165) is 36.7 Å². The number of aryl methyl sites for hydroxylation is 1. The fourth-order valence-corrected chi connectivity index (χ4v) is 3.44. The lowest BCUT2D eigenvalue weighted by molar-refractivity contribution is 0.142. The molecule has 1 aliphatic heterocycles. The Labute approximate surface area is 147 Å². The van der Waals surface area contributed by atoms with Gasteiger partial charge >= 0.3 is 0 Å². The molecule has 0 amide bonds. The number of benzene rings is 1. The number of rotatable bonds is 7. The number of hydrogen-bond acceptors (Lipinski definition) is 7. The Morgan fingerprint density at radius 2 is 2.04 bits per heavy atom. The molecule has 0 spiro atoms. The summed E-state index contributed by atoms with van der Waals surface area (Å²) in [5.41, 5.74) is 1.13. The third-order valence-electron chi connectivity index (χ3n) is 4.65. The molecule has 3 rings (SSSR count). The highest BCUT2D eigenvalue weighted by atomic mass is 16.5. The summed E-state index contributed by atoms with van der Waals surface area (Å²) >= 11 is 0. The zero-order valence-electron chi connectivity index (χ0n) is 15.2. The third kappa shape index (κ3) is 3.93. The monoisotopic (exact) mass is 347 g/mol. The fraction of sp³-hybridized carbons (Fsp3) is 0.556. The van der Waals surface area contributed by atoms with Crippen molar-refractivity contribution < 1.29 is 18.7 Å². The average Bonchev–Trinajstić information content (AvgIpc) is 3.21. The van der Waals surface area contributed by atoms with Crippen LogP contribution in [0, 0.1) is 12.8 Å². The van der Waals surface area contributed by atoms with Crippen LogP contribution in [0.4, 0.5) is 0 Å². The topological polar surface area (TPSA) is 69.9 Å². The van der Waals surface area contributed by atoms with E-state index in [-0.39, 0.29) is 5.92 Å². The summed E-state index contributed by atoms with van der Waals surface area (Å²) in [5.74, 6) is 3.50.